The average molecular weight is 334 g/mol. The second-order valence-electron chi connectivity index (χ2n) is 5.08. The minimum atomic E-state index is 0. The van der Waals surface area contributed by atoms with E-state index >= 15 is 0 Å². The molecule has 1 fully saturated rings. The third-order valence-electron chi connectivity index (χ3n) is 3.82. The lowest BCUT2D eigenvalue weighted by Crippen LogP contribution is -2.44. The predicted octanol–water partition coefficient (Wildman–Crippen LogP) is 2.20. The maximum Gasteiger partial charge on any atom is 0.251 e. The van der Waals surface area contributed by atoms with E-state index in [2.05, 4.69) is 17.1 Å². The molecule has 0 aliphatic carbocycles. The maximum absolute atomic E-state index is 12.1. The molecule has 1 amide bonds. The van der Waals surface area contributed by atoms with Gasteiger partial charge in [0.15, 0.2) is 0 Å². The van der Waals surface area contributed by atoms with Crippen molar-refractivity contribution in [2.75, 3.05) is 19.6 Å². The molecule has 1 aliphatic rings. The quantitative estimate of drug-likeness (QED) is 0.888. The molecule has 1 aromatic carbocycles. The number of amides is 1. The van der Waals surface area contributed by atoms with Crippen LogP contribution < -0.4 is 11.1 Å². The van der Waals surface area contributed by atoms with Crippen LogP contribution in [0, 0.1) is 0 Å². The molecule has 0 aromatic heterocycles. The Morgan fingerprint density at radius 1 is 1.24 bits per heavy atom. The number of halogens is 2. The number of carbonyl (C=O) groups is 1. The molecule has 0 spiro atoms. The Morgan fingerprint density at radius 3 is 2.29 bits per heavy atom. The smallest absolute Gasteiger partial charge is 0.251 e. The molecule has 0 unspecified atom stereocenters. The SMILES string of the molecule is CCN1CCC(NC(=O)c2ccc(CN)cc2)CC1.Cl.Cl. The number of piperidine rings is 1. The van der Waals surface area contributed by atoms with Crippen molar-refractivity contribution < 1.29 is 4.79 Å². The summed E-state index contributed by atoms with van der Waals surface area (Å²) in [5.41, 5.74) is 7.31. The monoisotopic (exact) mass is 333 g/mol. The van der Waals surface area contributed by atoms with Crippen LogP contribution in [-0.2, 0) is 6.54 Å². The summed E-state index contributed by atoms with van der Waals surface area (Å²) in [7, 11) is 0. The van der Waals surface area contributed by atoms with E-state index in [1.807, 2.05) is 24.3 Å². The lowest BCUT2D eigenvalue weighted by molar-refractivity contribution is 0.0912. The highest BCUT2D eigenvalue weighted by Crippen LogP contribution is 2.11. The number of benzene rings is 1. The van der Waals surface area contributed by atoms with Gasteiger partial charge in [0.05, 0.1) is 0 Å². The topological polar surface area (TPSA) is 58.4 Å². The van der Waals surface area contributed by atoms with E-state index in [0.717, 1.165) is 43.6 Å². The van der Waals surface area contributed by atoms with E-state index in [1.165, 1.54) is 0 Å². The standard InChI is InChI=1S/C15H23N3O.2ClH/c1-2-18-9-7-14(8-10-18)17-15(19)13-5-3-12(11-16)4-6-13;;/h3-6,14H,2,7-11,16H2,1H3,(H,17,19);2*1H. The first-order valence-corrected chi connectivity index (χ1v) is 7.05. The molecule has 120 valence electrons. The van der Waals surface area contributed by atoms with Gasteiger partial charge in [-0.25, -0.2) is 0 Å². The Hall–Kier alpha value is -0.810. The summed E-state index contributed by atoms with van der Waals surface area (Å²) in [5.74, 6) is 0.0264. The van der Waals surface area contributed by atoms with Gasteiger partial charge in [0.1, 0.15) is 0 Å². The summed E-state index contributed by atoms with van der Waals surface area (Å²) in [6.45, 7) is 5.94. The van der Waals surface area contributed by atoms with Gasteiger partial charge in [-0.3, -0.25) is 4.79 Å². The third kappa shape index (κ3) is 5.83. The molecular weight excluding hydrogens is 309 g/mol. The van der Waals surface area contributed by atoms with Gasteiger partial charge in [-0.05, 0) is 37.1 Å². The Kier molecular flexibility index (Phi) is 9.62. The number of nitrogens with two attached hydrogens (primary N) is 1. The molecule has 1 saturated heterocycles. The normalized spacial score (nSPS) is 15.7. The Morgan fingerprint density at radius 2 is 1.81 bits per heavy atom. The molecule has 3 N–H and O–H groups in total. The van der Waals surface area contributed by atoms with E-state index in [4.69, 9.17) is 5.73 Å². The fourth-order valence-corrected chi connectivity index (χ4v) is 2.45. The largest absolute Gasteiger partial charge is 0.349 e. The van der Waals surface area contributed by atoms with Crippen molar-refractivity contribution in [3.05, 3.63) is 35.4 Å². The molecular formula is C15H25Cl2N3O. The van der Waals surface area contributed by atoms with Crippen LogP contribution in [0.3, 0.4) is 0 Å². The second kappa shape index (κ2) is 10.0. The van der Waals surface area contributed by atoms with Crippen LogP contribution in [0.5, 0.6) is 0 Å². The van der Waals surface area contributed by atoms with Gasteiger partial charge in [-0.2, -0.15) is 0 Å². The summed E-state index contributed by atoms with van der Waals surface area (Å²) >= 11 is 0. The van der Waals surface area contributed by atoms with E-state index < -0.39 is 0 Å². The van der Waals surface area contributed by atoms with Gasteiger partial charge in [0.2, 0.25) is 0 Å². The number of carbonyl (C=O) groups excluding carboxylic acids is 1. The van der Waals surface area contributed by atoms with Gasteiger partial charge in [-0.15, -0.1) is 24.8 Å². The lowest BCUT2D eigenvalue weighted by Gasteiger charge is -2.31. The highest BCUT2D eigenvalue weighted by atomic mass is 35.5. The zero-order valence-corrected chi connectivity index (χ0v) is 14.0. The van der Waals surface area contributed by atoms with Gasteiger partial charge in [-0.1, -0.05) is 19.1 Å². The Labute approximate surface area is 139 Å². The van der Waals surface area contributed by atoms with Crippen LogP contribution in [-0.4, -0.2) is 36.5 Å². The Balaban J connectivity index is 0.00000200. The number of nitrogens with one attached hydrogen (secondary N) is 1. The van der Waals surface area contributed by atoms with Crippen molar-refractivity contribution in [2.45, 2.75) is 32.4 Å². The van der Waals surface area contributed by atoms with Crippen molar-refractivity contribution in [3.63, 3.8) is 0 Å². The highest BCUT2D eigenvalue weighted by Gasteiger charge is 2.19. The predicted molar refractivity (Wildman–Crippen MR) is 91.4 cm³/mol. The van der Waals surface area contributed by atoms with Crippen LogP contribution in [0.2, 0.25) is 0 Å². The molecule has 0 bridgehead atoms. The van der Waals surface area contributed by atoms with E-state index in [-0.39, 0.29) is 30.7 Å². The number of rotatable bonds is 4. The van der Waals surface area contributed by atoms with E-state index in [1.54, 1.807) is 0 Å². The van der Waals surface area contributed by atoms with Crippen molar-refractivity contribution in [2.24, 2.45) is 5.73 Å². The summed E-state index contributed by atoms with van der Waals surface area (Å²) in [6, 6.07) is 7.82. The fourth-order valence-electron chi connectivity index (χ4n) is 2.45. The zero-order valence-electron chi connectivity index (χ0n) is 12.4. The van der Waals surface area contributed by atoms with Gasteiger partial charge in [0, 0.05) is 31.2 Å². The molecule has 1 heterocycles. The van der Waals surface area contributed by atoms with E-state index in [0.29, 0.717) is 12.6 Å². The van der Waals surface area contributed by atoms with Crippen LogP contribution in [0.15, 0.2) is 24.3 Å². The van der Waals surface area contributed by atoms with Crippen LogP contribution in [0.25, 0.3) is 0 Å². The second-order valence-corrected chi connectivity index (χ2v) is 5.08. The van der Waals surface area contributed by atoms with Crippen LogP contribution in [0.4, 0.5) is 0 Å². The molecule has 2 rings (SSSR count). The molecule has 21 heavy (non-hydrogen) atoms. The molecule has 0 atom stereocenters. The first kappa shape index (κ1) is 20.2. The van der Waals surface area contributed by atoms with Crippen LogP contribution in [0.1, 0.15) is 35.7 Å². The molecule has 1 aromatic rings. The lowest BCUT2D eigenvalue weighted by atomic mass is 10.0. The number of hydrogen-bond acceptors (Lipinski definition) is 3. The zero-order chi connectivity index (χ0) is 13.7. The van der Waals surface area contributed by atoms with Crippen LogP contribution >= 0.6 is 24.8 Å². The van der Waals surface area contributed by atoms with Crippen molar-refractivity contribution >= 4 is 30.7 Å². The fraction of sp³-hybridized carbons (Fsp3) is 0.533. The highest BCUT2D eigenvalue weighted by molar-refractivity contribution is 5.94. The minimum absolute atomic E-state index is 0. The summed E-state index contributed by atoms with van der Waals surface area (Å²) in [5, 5.41) is 3.12. The minimum Gasteiger partial charge on any atom is -0.349 e. The first-order valence-electron chi connectivity index (χ1n) is 7.05. The number of likely N-dealkylation sites (tertiary alicyclic amines) is 1. The summed E-state index contributed by atoms with van der Waals surface area (Å²) in [6.07, 6.45) is 2.08. The van der Waals surface area contributed by atoms with Gasteiger partial charge >= 0.3 is 0 Å². The number of hydrogen-bond donors (Lipinski definition) is 2. The number of nitrogens with zero attached hydrogens (tertiary/aromatic N) is 1. The van der Waals surface area contributed by atoms with Crippen molar-refractivity contribution in [1.29, 1.82) is 0 Å². The van der Waals surface area contributed by atoms with Crippen molar-refractivity contribution in [1.82, 2.24) is 10.2 Å². The maximum atomic E-state index is 12.1. The molecule has 6 heteroatoms. The van der Waals surface area contributed by atoms with E-state index in [9.17, 15) is 4.79 Å². The molecule has 0 saturated carbocycles. The first-order chi connectivity index (χ1) is 9.22. The van der Waals surface area contributed by atoms with Gasteiger partial charge < -0.3 is 16.0 Å². The third-order valence-corrected chi connectivity index (χ3v) is 3.82. The molecule has 1 aliphatic heterocycles. The van der Waals surface area contributed by atoms with Gasteiger partial charge in [0.25, 0.3) is 5.91 Å². The summed E-state index contributed by atoms with van der Waals surface area (Å²) < 4.78 is 0. The summed E-state index contributed by atoms with van der Waals surface area (Å²) in [4.78, 5) is 14.5. The molecule has 4 nitrogen and oxygen atoms in total. The Bertz CT molecular complexity index is 417. The average Bonchev–Trinajstić information content (AvgIpc) is 2.48. The molecule has 0 radical (unpaired) electrons. The van der Waals surface area contributed by atoms with Crippen molar-refractivity contribution in [3.8, 4) is 0 Å².